The van der Waals surface area contributed by atoms with Gasteiger partial charge >= 0.3 is 5.97 Å². The van der Waals surface area contributed by atoms with Gasteiger partial charge in [-0.3, -0.25) is 4.79 Å². The number of hydrogen-bond donors (Lipinski definition) is 1. The second-order valence-corrected chi connectivity index (χ2v) is 7.65. The molecule has 0 aliphatic carbocycles. The molecule has 0 aliphatic heterocycles. The third-order valence-corrected chi connectivity index (χ3v) is 5.34. The van der Waals surface area contributed by atoms with E-state index in [1.807, 2.05) is 0 Å². The number of benzene rings is 2. The average molecular weight is 443 g/mol. The van der Waals surface area contributed by atoms with Crippen molar-refractivity contribution in [1.82, 2.24) is 5.27 Å². The van der Waals surface area contributed by atoms with E-state index in [1.54, 1.807) is 69.5 Å². The number of nitrogens with one attached hydrogen (secondary N) is 1. The number of aromatic nitrogens is 2. The van der Waals surface area contributed by atoms with Gasteiger partial charge in [0, 0.05) is 17.8 Å². The maximum Gasteiger partial charge on any atom is 0.338 e. The number of esters is 1. The molecule has 3 rings (SSSR count). The standard InChI is InChI=1S/C21H21N3O6S/c1-4-29-20(26)14-5-7-15(8-6-14)22-18(25)13(2)31-19-21(27)30-23-24(19)16-9-11-17(28-3)12-10-16/h5-13H,4H2,1-3H3,(H-,22,23,25,26,27). The molecule has 1 amide bonds. The highest BCUT2D eigenvalue weighted by atomic mass is 32.2. The van der Waals surface area contributed by atoms with Crippen LogP contribution in [0.25, 0.3) is 5.69 Å². The lowest BCUT2D eigenvalue weighted by molar-refractivity contribution is -0.705. The van der Waals surface area contributed by atoms with Gasteiger partial charge in [0.25, 0.3) is 5.03 Å². The number of carbonyl (C=O) groups excluding carboxylic acids is 2. The minimum atomic E-state index is -0.640. The Bertz CT molecular complexity index is 1050. The number of rotatable bonds is 8. The summed E-state index contributed by atoms with van der Waals surface area (Å²) in [4.78, 5) is 24.3. The van der Waals surface area contributed by atoms with Gasteiger partial charge in [0.2, 0.25) is 11.6 Å². The van der Waals surface area contributed by atoms with E-state index in [0.717, 1.165) is 11.8 Å². The maximum atomic E-state index is 12.6. The van der Waals surface area contributed by atoms with Crippen LogP contribution in [0.15, 0.2) is 58.1 Å². The van der Waals surface area contributed by atoms with Crippen LogP contribution < -0.4 is 19.8 Å². The van der Waals surface area contributed by atoms with Crippen LogP contribution in [0.1, 0.15) is 24.2 Å². The first kappa shape index (κ1) is 22.2. The van der Waals surface area contributed by atoms with Crippen LogP contribution in [0.5, 0.6) is 11.7 Å². The van der Waals surface area contributed by atoms with E-state index in [9.17, 15) is 14.7 Å². The summed E-state index contributed by atoms with van der Waals surface area (Å²) in [5, 5.41) is 18.2. The summed E-state index contributed by atoms with van der Waals surface area (Å²) >= 11 is 1.03. The van der Waals surface area contributed by atoms with E-state index < -0.39 is 17.2 Å². The monoisotopic (exact) mass is 443 g/mol. The van der Waals surface area contributed by atoms with Crippen LogP contribution in [-0.4, -0.2) is 36.1 Å². The predicted molar refractivity (Wildman–Crippen MR) is 110 cm³/mol. The van der Waals surface area contributed by atoms with Crippen molar-refractivity contribution < 1.29 is 33.4 Å². The van der Waals surface area contributed by atoms with Gasteiger partial charge < -0.3 is 24.4 Å². The summed E-state index contributed by atoms with van der Waals surface area (Å²) < 4.78 is 16.2. The van der Waals surface area contributed by atoms with E-state index in [2.05, 4.69) is 10.6 Å². The lowest BCUT2D eigenvalue weighted by atomic mass is 10.2. The fourth-order valence-electron chi connectivity index (χ4n) is 2.60. The van der Waals surface area contributed by atoms with Crippen molar-refractivity contribution in [1.29, 1.82) is 0 Å². The molecule has 1 atom stereocenters. The summed E-state index contributed by atoms with van der Waals surface area (Å²) in [6.45, 7) is 3.68. The van der Waals surface area contributed by atoms with Gasteiger partial charge in [-0.2, -0.15) is 0 Å². The van der Waals surface area contributed by atoms with Crippen LogP contribution >= 0.6 is 11.8 Å². The first-order chi connectivity index (χ1) is 14.9. The third kappa shape index (κ3) is 5.34. The summed E-state index contributed by atoms with van der Waals surface area (Å²) in [6.07, 6.45) is 0. The van der Waals surface area contributed by atoms with Crippen LogP contribution in [0.3, 0.4) is 0 Å². The largest absolute Gasteiger partial charge is 0.538 e. The third-order valence-electron chi connectivity index (χ3n) is 4.21. The molecule has 0 saturated heterocycles. The molecule has 0 bridgehead atoms. The van der Waals surface area contributed by atoms with Gasteiger partial charge in [0.1, 0.15) is 5.75 Å². The molecule has 1 unspecified atom stereocenters. The molecule has 31 heavy (non-hydrogen) atoms. The summed E-state index contributed by atoms with van der Waals surface area (Å²) in [6, 6.07) is 13.3. The number of carbonyl (C=O) groups is 2. The molecule has 3 aromatic rings. The second-order valence-electron chi connectivity index (χ2n) is 6.32. The van der Waals surface area contributed by atoms with Crippen molar-refractivity contribution >= 4 is 29.3 Å². The van der Waals surface area contributed by atoms with Crippen molar-refractivity contribution in [3.8, 4) is 17.4 Å². The zero-order valence-corrected chi connectivity index (χ0v) is 18.0. The fraction of sp³-hybridized carbons (Fsp3) is 0.238. The van der Waals surface area contributed by atoms with Gasteiger partial charge in [-0.15, -0.1) is 0 Å². The van der Waals surface area contributed by atoms with Gasteiger partial charge in [0.05, 0.1) is 29.8 Å². The Hall–Kier alpha value is -3.53. The van der Waals surface area contributed by atoms with Crippen molar-refractivity contribution in [3.05, 3.63) is 54.1 Å². The smallest absolute Gasteiger partial charge is 0.338 e. The molecule has 0 spiro atoms. The molecule has 1 aromatic heterocycles. The van der Waals surface area contributed by atoms with Crippen LogP contribution in [0, 0.1) is 0 Å². The molecule has 0 fully saturated rings. The lowest BCUT2D eigenvalue weighted by Gasteiger charge is -2.11. The Kier molecular flexibility index (Phi) is 7.14. The van der Waals surface area contributed by atoms with Crippen molar-refractivity contribution in [3.63, 3.8) is 0 Å². The number of methoxy groups -OCH3 is 1. The predicted octanol–water partition coefficient (Wildman–Crippen LogP) is 2.33. The molecule has 162 valence electrons. The quantitative estimate of drug-likeness (QED) is 0.320. The van der Waals surface area contributed by atoms with Crippen molar-refractivity contribution in [2.24, 2.45) is 0 Å². The Balaban J connectivity index is 1.68. The topological polar surface area (TPSA) is 118 Å². The Morgan fingerprint density at radius 2 is 1.87 bits per heavy atom. The lowest BCUT2D eigenvalue weighted by Crippen LogP contribution is -2.36. The number of amides is 1. The first-order valence-electron chi connectivity index (χ1n) is 9.41. The maximum absolute atomic E-state index is 12.6. The molecule has 9 nitrogen and oxygen atoms in total. The van der Waals surface area contributed by atoms with E-state index >= 15 is 0 Å². The van der Waals surface area contributed by atoms with E-state index in [0.29, 0.717) is 22.7 Å². The van der Waals surface area contributed by atoms with Gasteiger partial charge in [-0.05, 0) is 66.7 Å². The van der Waals surface area contributed by atoms with E-state index in [-0.39, 0.29) is 17.5 Å². The highest BCUT2D eigenvalue weighted by Crippen LogP contribution is 2.28. The molecular formula is C21H21N3O6S. The zero-order chi connectivity index (χ0) is 22.4. The van der Waals surface area contributed by atoms with Crippen LogP contribution in [-0.2, 0) is 9.53 Å². The minimum Gasteiger partial charge on any atom is -0.538 e. The first-order valence-corrected chi connectivity index (χ1v) is 10.3. The van der Waals surface area contributed by atoms with Crippen LogP contribution in [0.4, 0.5) is 5.69 Å². The molecule has 0 radical (unpaired) electrons. The number of anilines is 1. The fourth-order valence-corrected chi connectivity index (χ4v) is 3.47. The summed E-state index contributed by atoms with van der Waals surface area (Å²) in [5.41, 5.74) is 1.50. The number of ether oxygens (including phenoxy) is 2. The van der Waals surface area contributed by atoms with Crippen LogP contribution in [0.2, 0.25) is 0 Å². The van der Waals surface area contributed by atoms with E-state index in [4.69, 9.17) is 14.0 Å². The number of nitrogens with zero attached hydrogens (tertiary/aromatic N) is 2. The minimum absolute atomic E-state index is 0.172. The molecular weight excluding hydrogens is 422 g/mol. The average Bonchev–Trinajstić information content (AvgIpc) is 3.14. The SMILES string of the molecule is CCOC(=O)c1ccc(NC(=O)C(C)Sc2c([O-])on[n+]2-c2ccc(OC)cc2)cc1. The van der Waals surface area contributed by atoms with Crippen molar-refractivity contribution in [2.45, 2.75) is 24.1 Å². The number of hydrogen-bond acceptors (Lipinski definition) is 8. The summed E-state index contributed by atoms with van der Waals surface area (Å²) in [5.74, 6) is -0.732. The second kappa shape index (κ2) is 9.98. The zero-order valence-electron chi connectivity index (χ0n) is 17.2. The van der Waals surface area contributed by atoms with Gasteiger partial charge in [0.15, 0.2) is 5.95 Å². The molecule has 1 heterocycles. The highest BCUT2D eigenvalue weighted by Gasteiger charge is 2.26. The summed E-state index contributed by atoms with van der Waals surface area (Å²) in [7, 11) is 1.56. The molecule has 2 aromatic carbocycles. The Morgan fingerprint density at radius 1 is 1.19 bits per heavy atom. The highest BCUT2D eigenvalue weighted by molar-refractivity contribution is 8.00. The van der Waals surface area contributed by atoms with Gasteiger partial charge in [-0.25, -0.2) is 4.79 Å². The number of thioether (sulfide) groups is 1. The Morgan fingerprint density at radius 3 is 2.48 bits per heavy atom. The van der Waals surface area contributed by atoms with Crippen molar-refractivity contribution in [2.75, 3.05) is 19.0 Å². The molecule has 10 heteroatoms. The molecule has 0 aliphatic rings. The molecule has 1 N–H and O–H groups in total. The van der Waals surface area contributed by atoms with E-state index in [1.165, 1.54) is 4.68 Å². The normalized spacial score (nSPS) is 11.6. The molecule has 0 saturated carbocycles. The Labute approximate surface area is 182 Å². The van der Waals surface area contributed by atoms with Gasteiger partial charge in [-0.1, -0.05) is 0 Å².